The molecule has 0 bridgehead atoms. The molecule has 0 saturated carbocycles. The van der Waals surface area contributed by atoms with Gasteiger partial charge in [0.05, 0.1) is 23.1 Å². The summed E-state index contributed by atoms with van der Waals surface area (Å²) < 4.78 is 55.2. The molecule has 5 nitrogen and oxygen atoms in total. The average Bonchev–Trinajstić information content (AvgIpc) is 3.17. The van der Waals surface area contributed by atoms with E-state index in [1.165, 1.54) is 10.6 Å². The van der Waals surface area contributed by atoms with Gasteiger partial charge in [-0.3, -0.25) is 4.79 Å². The molecule has 0 atom stereocenters. The summed E-state index contributed by atoms with van der Waals surface area (Å²) in [6.45, 7) is 7.33. The molecule has 0 aliphatic heterocycles. The number of nitrogens with one attached hydrogen (secondary N) is 1. The molecule has 0 aliphatic rings. The Kier molecular flexibility index (Phi) is 5.67. The first-order valence-corrected chi connectivity index (χ1v) is 10.5. The van der Waals surface area contributed by atoms with Crippen molar-refractivity contribution in [3.05, 3.63) is 71.7 Å². The van der Waals surface area contributed by atoms with Gasteiger partial charge < -0.3 is 5.32 Å². The minimum Gasteiger partial charge on any atom is -0.325 e. The van der Waals surface area contributed by atoms with Crippen LogP contribution in [0.3, 0.4) is 0 Å². The van der Waals surface area contributed by atoms with Crippen LogP contribution in [0.25, 0.3) is 28.2 Å². The predicted octanol–water partition coefficient (Wildman–Crippen LogP) is 6.51. The highest BCUT2D eigenvalue weighted by Gasteiger charge is 2.34. The van der Waals surface area contributed by atoms with E-state index in [-0.39, 0.29) is 17.2 Å². The first-order chi connectivity index (χ1) is 15.8. The normalized spacial score (nSPS) is 12.2. The number of amides is 1. The molecule has 0 fully saturated rings. The van der Waals surface area contributed by atoms with E-state index < -0.39 is 23.0 Å². The van der Waals surface area contributed by atoms with Gasteiger partial charge in [-0.1, -0.05) is 32.9 Å². The Bertz CT molecular complexity index is 1400. The number of rotatable bonds is 3. The van der Waals surface area contributed by atoms with Gasteiger partial charge in [0.25, 0.3) is 0 Å². The fourth-order valence-electron chi connectivity index (χ4n) is 3.36. The Hall–Kier alpha value is -3.75. The standard InChI is InChI=1S/C25H22F4N4O/c1-14-5-6-15(11-20(14)31-23(34)24(2,3)4)21-13-33-22(30-21)10-9-19(32-33)17-8-7-16(26)12-18(17)25(27,28)29/h5-13H,1-4H3,(H,31,34). The Morgan fingerprint density at radius 2 is 1.71 bits per heavy atom. The third-order valence-electron chi connectivity index (χ3n) is 5.35. The van der Waals surface area contributed by atoms with E-state index in [0.717, 1.165) is 17.7 Å². The van der Waals surface area contributed by atoms with Gasteiger partial charge in [0.15, 0.2) is 5.65 Å². The molecule has 2 aromatic carbocycles. The second-order valence-electron chi connectivity index (χ2n) is 9.07. The van der Waals surface area contributed by atoms with Crippen LogP contribution in [0.2, 0.25) is 0 Å². The topological polar surface area (TPSA) is 59.3 Å². The minimum atomic E-state index is -4.73. The lowest BCUT2D eigenvalue weighted by Crippen LogP contribution is -2.27. The molecule has 0 radical (unpaired) electrons. The number of alkyl halides is 3. The molecular weight excluding hydrogens is 448 g/mol. The summed E-state index contributed by atoms with van der Waals surface area (Å²) in [5.41, 5.74) is 1.32. The molecule has 4 rings (SSSR count). The number of aryl methyl sites for hydroxylation is 1. The number of aromatic nitrogens is 3. The summed E-state index contributed by atoms with van der Waals surface area (Å²) in [6, 6.07) is 10.9. The molecular formula is C25H22F4N4O. The van der Waals surface area contributed by atoms with Gasteiger partial charge in [0.2, 0.25) is 5.91 Å². The number of hydrogen-bond donors (Lipinski definition) is 1. The lowest BCUT2D eigenvalue weighted by molar-refractivity contribution is -0.137. The molecule has 9 heteroatoms. The Morgan fingerprint density at radius 3 is 2.38 bits per heavy atom. The van der Waals surface area contributed by atoms with Crippen molar-refractivity contribution < 1.29 is 22.4 Å². The molecule has 2 heterocycles. The fraction of sp³-hybridized carbons (Fsp3) is 0.240. The van der Waals surface area contributed by atoms with Crippen LogP contribution < -0.4 is 5.32 Å². The third-order valence-corrected chi connectivity index (χ3v) is 5.35. The van der Waals surface area contributed by atoms with E-state index in [1.54, 1.807) is 18.3 Å². The number of benzene rings is 2. The van der Waals surface area contributed by atoms with Gasteiger partial charge in [0.1, 0.15) is 5.82 Å². The molecule has 0 aliphatic carbocycles. The fourth-order valence-corrected chi connectivity index (χ4v) is 3.36. The smallest absolute Gasteiger partial charge is 0.325 e. The molecule has 4 aromatic rings. The van der Waals surface area contributed by atoms with Crippen molar-refractivity contribution in [2.45, 2.75) is 33.9 Å². The summed E-state index contributed by atoms with van der Waals surface area (Å²) in [5, 5.41) is 7.20. The number of nitrogens with zero attached hydrogens (tertiary/aromatic N) is 3. The minimum absolute atomic E-state index is 0.0332. The molecule has 0 unspecified atom stereocenters. The maximum atomic E-state index is 13.5. The molecule has 34 heavy (non-hydrogen) atoms. The summed E-state index contributed by atoms with van der Waals surface area (Å²) in [6.07, 6.45) is -3.14. The van der Waals surface area contributed by atoms with Crippen LogP contribution in [0.5, 0.6) is 0 Å². The number of halogens is 4. The van der Waals surface area contributed by atoms with Crippen LogP contribution in [-0.2, 0) is 11.0 Å². The highest BCUT2D eigenvalue weighted by atomic mass is 19.4. The average molecular weight is 470 g/mol. The van der Waals surface area contributed by atoms with Crippen molar-refractivity contribution in [3.8, 4) is 22.5 Å². The molecule has 2 aromatic heterocycles. The summed E-state index contributed by atoms with van der Waals surface area (Å²) in [5.74, 6) is -1.11. The van der Waals surface area contributed by atoms with Gasteiger partial charge in [0, 0.05) is 22.2 Å². The summed E-state index contributed by atoms with van der Waals surface area (Å²) >= 11 is 0. The lowest BCUT2D eigenvalue weighted by atomic mass is 9.95. The molecule has 0 saturated heterocycles. The van der Waals surface area contributed by atoms with Crippen molar-refractivity contribution in [2.24, 2.45) is 5.41 Å². The van der Waals surface area contributed by atoms with E-state index in [1.807, 2.05) is 39.8 Å². The first-order valence-electron chi connectivity index (χ1n) is 10.5. The van der Waals surface area contributed by atoms with Crippen molar-refractivity contribution >= 4 is 17.2 Å². The summed E-state index contributed by atoms with van der Waals surface area (Å²) in [7, 11) is 0. The molecule has 1 amide bonds. The number of anilines is 1. The monoisotopic (exact) mass is 470 g/mol. The van der Waals surface area contributed by atoms with Crippen LogP contribution in [-0.4, -0.2) is 20.5 Å². The van der Waals surface area contributed by atoms with Crippen molar-refractivity contribution in [2.75, 3.05) is 5.32 Å². The number of hydrogen-bond acceptors (Lipinski definition) is 3. The van der Waals surface area contributed by atoms with Crippen LogP contribution in [0.1, 0.15) is 31.9 Å². The number of imidazole rings is 1. The Labute approximate surface area is 193 Å². The molecule has 1 N–H and O–H groups in total. The van der Waals surface area contributed by atoms with E-state index >= 15 is 0 Å². The third kappa shape index (κ3) is 4.64. The van der Waals surface area contributed by atoms with Crippen LogP contribution in [0.15, 0.2) is 54.7 Å². The highest BCUT2D eigenvalue weighted by Crippen LogP contribution is 2.37. The van der Waals surface area contributed by atoms with E-state index in [0.29, 0.717) is 28.7 Å². The van der Waals surface area contributed by atoms with E-state index in [2.05, 4.69) is 15.4 Å². The zero-order chi connectivity index (χ0) is 24.8. The van der Waals surface area contributed by atoms with Crippen LogP contribution in [0.4, 0.5) is 23.2 Å². The number of carbonyl (C=O) groups excluding carboxylic acids is 1. The Balaban J connectivity index is 1.74. The quantitative estimate of drug-likeness (QED) is 0.347. The SMILES string of the molecule is Cc1ccc(-c2cn3nc(-c4ccc(F)cc4C(F)(F)F)ccc3n2)cc1NC(=O)C(C)(C)C. The van der Waals surface area contributed by atoms with Crippen LogP contribution in [0, 0.1) is 18.2 Å². The van der Waals surface area contributed by atoms with Crippen LogP contribution >= 0.6 is 0 Å². The number of carbonyl (C=O) groups is 1. The maximum absolute atomic E-state index is 13.5. The van der Waals surface area contributed by atoms with Gasteiger partial charge >= 0.3 is 6.18 Å². The van der Waals surface area contributed by atoms with E-state index in [4.69, 9.17) is 0 Å². The lowest BCUT2D eigenvalue weighted by Gasteiger charge is -2.19. The first kappa shape index (κ1) is 23.4. The second kappa shape index (κ2) is 8.23. The maximum Gasteiger partial charge on any atom is 0.417 e. The van der Waals surface area contributed by atoms with Gasteiger partial charge in [-0.2, -0.15) is 18.3 Å². The second-order valence-corrected chi connectivity index (χ2v) is 9.07. The summed E-state index contributed by atoms with van der Waals surface area (Å²) in [4.78, 5) is 16.9. The Morgan fingerprint density at radius 1 is 0.971 bits per heavy atom. The van der Waals surface area contributed by atoms with Crippen molar-refractivity contribution in [1.29, 1.82) is 0 Å². The zero-order valence-electron chi connectivity index (χ0n) is 19.0. The van der Waals surface area contributed by atoms with Crippen molar-refractivity contribution in [1.82, 2.24) is 14.6 Å². The highest BCUT2D eigenvalue weighted by molar-refractivity contribution is 5.95. The number of fused-ring (bicyclic) bond motifs is 1. The largest absolute Gasteiger partial charge is 0.417 e. The van der Waals surface area contributed by atoms with E-state index in [9.17, 15) is 22.4 Å². The molecule has 0 spiro atoms. The van der Waals surface area contributed by atoms with Gasteiger partial charge in [-0.15, -0.1) is 0 Å². The van der Waals surface area contributed by atoms with Gasteiger partial charge in [-0.05, 0) is 48.9 Å². The van der Waals surface area contributed by atoms with Crippen molar-refractivity contribution in [3.63, 3.8) is 0 Å². The predicted molar refractivity (Wildman–Crippen MR) is 122 cm³/mol. The van der Waals surface area contributed by atoms with Gasteiger partial charge in [-0.25, -0.2) is 13.9 Å². The zero-order valence-corrected chi connectivity index (χ0v) is 19.0. The molecule has 176 valence electrons.